The number of anilines is 1. The molecule has 4 nitrogen and oxygen atoms in total. The van der Waals surface area contributed by atoms with Gasteiger partial charge in [-0.15, -0.1) is 6.42 Å². The summed E-state index contributed by atoms with van der Waals surface area (Å²) in [5, 5.41) is 11.6. The lowest BCUT2D eigenvalue weighted by molar-refractivity contribution is -0.137. The van der Waals surface area contributed by atoms with Crippen LogP contribution in [-0.2, 0) is 11.0 Å². The van der Waals surface area contributed by atoms with Gasteiger partial charge in [-0.25, -0.2) is 0 Å². The average Bonchev–Trinajstić information content (AvgIpc) is 2.65. The fourth-order valence-corrected chi connectivity index (χ4v) is 3.65. The Morgan fingerprint density at radius 3 is 2.45 bits per heavy atom. The zero-order valence-electron chi connectivity index (χ0n) is 14.5. The molecule has 0 heterocycles. The monoisotopic (exact) mass is 526 g/mol. The number of alkyl halides is 3. The van der Waals surface area contributed by atoms with Crippen molar-refractivity contribution in [2.75, 3.05) is 11.9 Å². The first kappa shape index (κ1) is 22.5. The minimum Gasteiger partial charge on any atom is -0.479 e. The van der Waals surface area contributed by atoms with Crippen molar-refractivity contribution >= 4 is 49.5 Å². The van der Waals surface area contributed by atoms with E-state index in [4.69, 9.17) is 11.2 Å². The molecule has 0 unspecified atom stereocenters. The van der Waals surface area contributed by atoms with Gasteiger partial charge in [-0.3, -0.25) is 4.79 Å². The molecule has 1 N–H and O–H groups in total. The standard InChI is InChI=1S/C20H11Br2F3N2O2/c1-2-6-29-18-16(21)8-12(9-17(18)22)7-13(11-26)19(28)27-15-5-3-4-14(10-15)20(23,24)25/h1,3-5,7-10H,6H2,(H,27,28)/b13-7+. The average molecular weight is 528 g/mol. The summed E-state index contributed by atoms with van der Waals surface area (Å²) in [5.74, 6) is 1.95. The number of nitriles is 1. The van der Waals surface area contributed by atoms with Crippen LogP contribution >= 0.6 is 31.9 Å². The number of carbonyl (C=O) groups excluding carboxylic acids is 1. The van der Waals surface area contributed by atoms with E-state index in [2.05, 4.69) is 43.1 Å². The summed E-state index contributed by atoms with van der Waals surface area (Å²) in [6.07, 6.45) is 1.91. The molecule has 0 aliphatic carbocycles. The number of terminal acetylenes is 1. The van der Waals surface area contributed by atoms with Gasteiger partial charge in [-0.2, -0.15) is 18.4 Å². The largest absolute Gasteiger partial charge is 0.479 e. The van der Waals surface area contributed by atoms with E-state index in [1.54, 1.807) is 18.2 Å². The van der Waals surface area contributed by atoms with Gasteiger partial charge in [-0.1, -0.05) is 12.0 Å². The number of nitrogens with one attached hydrogen (secondary N) is 1. The van der Waals surface area contributed by atoms with Gasteiger partial charge in [0.2, 0.25) is 0 Å². The van der Waals surface area contributed by atoms with Gasteiger partial charge in [0.05, 0.1) is 14.5 Å². The van der Waals surface area contributed by atoms with Crippen LogP contribution in [0.15, 0.2) is 50.9 Å². The number of rotatable bonds is 5. The van der Waals surface area contributed by atoms with Crippen LogP contribution < -0.4 is 10.1 Å². The van der Waals surface area contributed by atoms with E-state index in [1.807, 2.05) is 0 Å². The van der Waals surface area contributed by atoms with Gasteiger partial charge in [0, 0.05) is 5.69 Å². The molecule has 0 spiro atoms. The number of benzene rings is 2. The lowest BCUT2D eigenvalue weighted by atomic mass is 10.1. The highest BCUT2D eigenvalue weighted by molar-refractivity contribution is 9.11. The third kappa shape index (κ3) is 6.11. The summed E-state index contributed by atoms with van der Waals surface area (Å²) < 4.78 is 44.8. The van der Waals surface area contributed by atoms with Crippen molar-refractivity contribution in [3.05, 3.63) is 62.0 Å². The highest BCUT2D eigenvalue weighted by atomic mass is 79.9. The van der Waals surface area contributed by atoms with E-state index in [0.717, 1.165) is 18.2 Å². The van der Waals surface area contributed by atoms with Gasteiger partial charge >= 0.3 is 6.18 Å². The second kappa shape index (κ2) is 9.64. The Bertz CT molecular complexity index is 1030. The minimum absolute atomic E-state index is 0.0508. The van der Waals surface area contributed by atoms with Crippen LogP contribution in [0.2, 0.25) is 0 Å². The molecule has 0 aliphatic rings. The smallest absolute Gasteiger partial charge is 0.416 e. The second-order valence-electron chi connectivity index (χ2n) is 5.51. The predicted molar refractivity (Wildman–Crippen MR) is 110 cm³/mol. The molecule has 0 aromatic heterocycles. The molecular formula is C20H11Br2F3N2O2. The number of carbonyl (C=O) groups is 1. The lowest BCUT2D eigenvalue weighted by Gasteiger charge is -2.10. The van der Waals surface area contributed by atoms with Crippen molar-refractivity contribution in [2.24, 2.45) is 0 Å². The molecule has 0 aliphatic heterocycles. The van der Waals surface area contributed by atoms with E-state index >= 15 is 0 Å². The summed E-state index contributed by atoms with van der Waals surface area (Å²) in [6.45, 7) is 0.0508. The number of ether oxygens (including phenoxy) is 1. The first-order chi connectivity index (χ1) is 13.7. The number of amides is 1. The maximum atomic E-state index is 12.8. The molecule has 0 bridgehead atoms. The van der Waals surface area contributed by atoms with E-state index in [1.165, 1.54) is 12.1 Å². The summed E-state index contributed by atoms with van der Waals surface area (Å²) in [5.41, 5.74) is -0.800. The normalized spacial score (nSPS) is 11.3. The van der Waals surface area contributed by atoms with Crippen LogP contribution in [0.25, 0.3) is 6.08 Å². The zero-order valence-corrected chi connectivity index (χ0v) is 17.7. The number of halogens is 5. The van der Waals surface area contributed by atoms with Crippen LogP contribution in [-0.4, -0.2) is 12.5 Å². The van der Waals surface area contributed by atoms with Crippen molar-refractivity contribution in [1.29, 1.82) is 5.26 Å². The van der Waals surface area contributed by atoms with Crippen LogP contribution in [0, 0.1) is 23.7 Å². The maximum absolute atomic E-state index is 12.8. The first-order valence-electron chi connectivity index (χ1n) is 7.81. The van der Waals surface area contributed by atoms with E-state index in [-0.39, 0.29) is 17.9 Å². The predicted octanol–water partition coefficient (Wildman–Crippen LogP) is 5.79. The third-order valence-corrected chi connectivity index (χ3v) is 4.62. The highest BCUT2D eigenvalue weighted by Crippen LogP contribution is 2.35. The Morgan fingerprint density at radius 2 is 1.90 bits per heavy atom. The Labute approximate surface area is 181 Å². The van der Waals surface area contributed by atoms with Gasteiger partial charge in [-0.05, 0) is 73.8 Å². The van der Waals surface area contributed by atoms with Crippen molar-refractivity contribution in [1.82, 2.24) is 0 Å². The Hall–Kier alpha value is -2.75. The summed E-state index contributed by atoms with van der Waals surface area (Å²) in [6, 6.07) is 9.08. The molecule has 2 aromatic rings. The molecule has 0 radical (unpaired) electrons. The number of hydrogen-bond donors (Lipinski definition) is 1. The topological polar surface area (TPSA) is 62.1 Å². The van der Waals surface area contributed by atoms with Crippen LogP contribution in [0.5, 0.6) is 5.75 Å². The summed E-state index contributed by atoms with van der Waals surface area (Å²) >= 11 is 6.63. The molecule has 0 fully saturated rings. The van der Waals surface area contributed by atoms with Crippen LogP contribution in [0.4, 0.5) is 18.9 Å². The molecule has 29 heavy (non-hydrogen) atoms. The van der Waals surface area contributed by atoms with Crippen LogP contribution in [0.3, 0.4) is 0 Å². The molecule has 0 saturated heterocycles. The minimum atomic E-state index is -4.55. The fourth-order valence-electron chi connectivity index (χ4n) is 2.20. The number of hydrogen-bond acceptors (Lipinski definition) is 3. The van der Waals surface area contributed by atoms with Gasteiger partial charge in [0.15, 0.2) is 0 Å². The van der Waals surface area contributed by atoms with Crippen LogP contribution in [0.1, 0.15) is 11.1 Å². The van der Waals surface area contributed by atoms with Crippen molar-refractivity contribution < 1.29 is 22.7 Å². The maximum Gasteiger partial charge on any atom is 0.416 e. The summed E-state index contributed by atoms with van der Waals surface area (Å²) in [7, 11) is 0. The molecule has 2 rings (SSSR count). The molecule has 0 saturated carbocycles. The van der Waals surface area contributed by atoms with Crippen molar-refractivity contribution in [2.45, 2.75) is 6.18 Å². The number of nitrogens with zero attached hydrogens (tertiary/aromatic N) is 1. The molecule has 9 heteroatoms. The zero-order chi connectivity index (χ0) is 21.6. The molecular weight excluding hydrogens is 517 g/mol. The fraction of sp³-hybridized carbons (Fsp3) is 0.100. The lowest BCUT2D eigenvalue weighted by Crippen LogP contribution is -2.14. The van der Waals surface area contributed by atoms with E-state index in [0.29, 0.717) is 20.3 Å². The van der Waals surface area contributed by atoms with E-state index < -0.39 is 17.6 Å². The second-order valence-corrected chi connectivity index (χ2v) is 7.22. The Kier molecular flexibility index (Phi) is 7.49. The van der Waals surface area contributed by atoms with Gasteiger partial charge < -0.3 is 10.1 Å². The molecule has 0 atom stereocenters. The SMILES string of the molecule is C#CCOc1c(Br)cc(/C=C(\C#N)C(=O)Nc2cccc(C(F)(F)F)c2)cc1Br. The van der Waals surface area contributed by atoms with Gasteiger partial charge in [0.25, 0.3) is 5.91 Å². The van der Waals surface area contributed by atoms with Gasteiger partial charge in [0.1, 0.15) is 24.0 Å². The molecule has 1 amide bonds. The molecule has 2 aromatic carbocycles. The van der Waals surface area contributed by atoms with Crippen molar-refractivity contribution in [3.63, 3.8) is 0 Å². The van der Waals surface area contributed by atoms with Crippen molar-refractivity contribution in [3.8, 4) is 24.2 Å². The third-order valence-electron chi connectivity index (χ3n) is 3.44. The Balaban J connectivity index is 2.27. The summed E-state index contributed by atoms with van der Waals surface area (Å²) in [4.78, 5) is 12.3. The quantitative estimate of drug-likeness (QED) is 0.304. The first-order valence-corrected chi connectivity index (χ1v) is 9.40. The highest BCUT2D eigenvalue weighted by Gasteiger charge is 2.30. The molecule has 148 valence electrons. The van der Waals surface area contributed by atoms with E-state index in [9.17, 15) is 23.2 Å². The Morgan fingerprint density at radius 1 is 1.24 bits per heavy atom.